The first-order valence-corrected chi connectivity index (χ1v) is 17.0. The fraction of sp³-hybridized carbons (Fsp3) is 0.914. The number of ether oxygens (including phenoxy) is 4. The Balaban J connectivity index is 1.06. The summed E-state index contributed by atoms with van der Waals surface area (Å²) in [5.74, 6) is 4.02. The molecule has 230 valence electrons. The van der Waals surface area contributed by atoms with Crippen LogP contribution >= 0.6 is 0 Å². The van der Waals surface area contributed by atoms with Gasteiger partial charge in [-0.1, -0.05) is 33.3 Å². The summed E-state index contributed by atoms with van der Waals surface area (Å²) in [4.78, 5) is 15.1. The molecule has 6 heteroatoms. The Morgan fingerprint density at radius 3 is 2.59 bits per heavy atom. The maximum Gasteiger partial charge on any atom is 0.155 e. The monoisotopic (exact) mass is 569 g/mol. The molecule has 2 saturated heterocycles. The number of piperidine rings is 1. The van der Waals surface area contributed by atoms with Crippen LogP contribution in [0.3, 0.4) is 0 Å². The Morgan fingerprint density at radius 1 is 1.00 bits per heavy atom. The van der Waals surface area contributed by atoms with Gasteiger partial charge in [-0.15, -0.1) is 0 Å². The predicted octanol–water partition coefficient (Wildman–Crippen LogP) is 5.68. The standard InChI is InChI=1S/C35H55NO5/c1-23-18-30-31(36(21-23)12-13-39-16-17-40-15-14-38-5)24(2)35(41-30)11-9-28-27-7-6-25-19-26(37)8-10-32(25,3)29(27)20-34(28)22-33(34,35)4/h19,23-24,27-31H,6-18,20-22H2,1-5H3/t23-,24+,27-,28-,29-,30+,31-,32-,33?,34?,35?/m0/s1. The quantitative estimate of drug-likeness (QED) is 0.333. The van der Waals surface area contributed by atoms with E-state index >= 15 is 0 Å². The maximum atomic E-state index is 12.3. The van der Waals surface area contributed by atoms with Crippen LogP contribution in [-0.4, -0.2) is 81.7 Å². The van der Waals surface area contributed by atoms with E-state index in [1.807, 2.05) is 0 Å². The topological polar surface area (TPSA) is 57.2 Å². The average Bonchev–Trinajstić information content (AvgIpc) is 3.28. The van der Waals surface area contributed by atoms with Crippen LogP contribution in [0, 0.1) is 45.8 Å². The van der Waals surface area contributed by atoms with E-state index in [-0.39, 0.29) is 16.4 Å². The normalized spacial score (nSPS) is 50.1. The van der Waals surface area contributed by atoms with Crippen LogP contribution in [0.5, 0.6) is 0 Å². The van der Waals surface area contributed by atoms with E-state index < -0.39 is 0 Å². The molecule has 0 aromatic carbocycles. The predicted molar refractivity (Wildman–Crippen MR) is 159 cm³/mol. The zero-order valence-electron chi connectivity index (χ0n) is 26.4. The first-order chi connectivity index (χ1) is 19.7. The minimum Gasteiger partial charge on any atom is -0.382 e. The molecule has 4 saturated carbocycles. The van der Waals surface area contributed by atoms with Crippen molar-refractivity contribution in [1.82, 2.24) is 4.90 Å². The second kappa shape index (κ2) is 10.4. The van der Waals surface area contributed by atoms with Gasteiger partial charge in [0.15, 0.2) is 5.78 Å². The lowest BCUT2D eigenvalue weighted by atomic mass is 9.56. The summed E-state index contributed by atoms with van der Waals surface area (Å²) in [5.41, 5.74) is 2.48. The Bertz CT molecular complexity index is 1060. The molecular formula is C35H55NO5. The van der Waals surface area contributed by atoms with Crippen LogP contribution in [0.15, 0.2) is 11.6 Å². The van der Waals surface area contributed by atoms with Crippen LogP contribution in [0.1, 0.15) is 85.5 Å². The molecule has 0 radical (unpaired) electrons. The lowest BCUT2D eigenvalue weighted by Crippen LogP contribution is -2.55. The van der Waals surface area contributed by atoms with Gasteiger partial charge in [-0.25, -0.2) is 0 Å². The van der Waals surface area contributed by atoms with Crippen molar-refractivity contribution in [2.45, 2.75) is 103 Å². The fourth-order valence-electron chi connectivity index (χ4n) is 12.3. The molecule has 7 rings (SSSR count). The van der Waals surface area contributed by atoms with Crippen molar-refractivity contribution in [3.05, 3.63) is 11.6 Å². The summed E-state index contributed by atoms with van der Waals surface area (Å²) in [7, 11) is 1.70. The number of nitrogens with zero attached hydrogens (tertiary/aromatic N) is 1. The number of allylic oxidation sites excluding steroid dienone is 2. The molecule has 7 aliphatic rings. The lowest BCUT2D eigenvalue weighted by molar-refractivity contribution is -0.148. The third-order valence-corrected chi connectivity index (χ3v) is 14.2. The molecule has 0 aromatic heterocycles. The number of hydrogen-bond acceptors (Lipinski definition) is 6. The summed E-state index contributed by atoms with van der Waals surface area (Å²) in [6.07, 6.45) is 13.2. The highest BCUT2D eigenvalue weighted by Gasteiger charge is 2.84. The molecule has 0 aromatic rings. The van der Waals surface area contributed by atoms with Crippen LogP contribution < -0.4 is 0 Å². The smallest absolute Gasteiger partial charge is 0.155 e. The zero-order chi connectivity index (χ0) is 28.6. The number of rotatable bonds is 9. The van der Waals surface area contributed by atoms with E-state index in [0.717, 1.165) is 56.7 Å². The number of hydrogen-bond donors (Lipinski definition) is 0. The molecule has 6 nitrogen and oxygen atoms in total. The molecule has 0 bridgehead atoms. The molecule has 5 aliphatic carbocycles. The summed E-state index contributed by atoms with van der Waals surface area (Å²) in [6, 6.07) is 0.499. The number of carbonyl (C=O) groups excluding carboxylic acids is 1. The van der Waals surface area contributed by atoms with Gasteiger partial charge >= 0.3 is 0 Å². The van der Waals surface area contributed by atoms with Crippen molar-refractivity contribution < 1.29 is 23.7 Å². The summed E-state index contributed by atoms with van der Waals surface area (Å²) in [6.45, 7) is 15.6. The molecule has 6 fully saturated rings. The van der Waals surface area contributed by atoms with E-state index in [2.05, 4.69) is 38.7 Å². The van der Waals surface area contributed by atoms with Crippen LogP contribution in [0.4, 0.5) is 0 Å². The summed E-state index contributed by atoms with van der Waals surface area (Å²) >= 11 is 0. The molecule has 2 spiro atoms. The first kappa shape index (κ1) is 29.0. The highest BCUT2D eigenvalue weighted by Crippen LogP contribution is 2.87. The summed E-state index contributed by atoms with van der Waals surface area (Å²) in [5, 5.41) is 0. The largest absolute Gasteiger partial charge is 0.382 e. The Morgan fingerprint density at radius 2 is 1.78 bits per heavy atom. The Labute approximate surface area is 248 Å². The zero-order valence-corrected chi connectivity index (χ0v) is 26.4. The van der Waals surface area contributed by atoms with Crippen molar-refractivity contribution >= 4 is 5.78 Å². The number of fused-ring (bicyclic) bond motifs is 6. The fourth-order valence-corrected chi connectivity index (χ4v) is 12.3. The highest BCUT2D eigenvalue weighted by atomic mass is 16.5. The van der Waals surface area contributed by atoms with E-state index in [0.29, 0.717) is 61.6 Å². The maximum absolute atomic E-state index is 12.3. The minimum atomic E-state index is 0.00673. The third kappa shape index (κ3) is 4.16. The number of likely N-dealkylation sites (tertiary alicyclic amines) is 1. The van der Waals surface area contributed by atoms with Gasteiger partial charge in [0.1, 0.15) is 0 Å². The van der Waals surface area contributed by atoms with Gasteiger partial charge in [-0.05, 0) is 91.9 Å². The van der Waals surface area contributed by atoms with Crippen molar-refractivity contribution in [2.24, 2.45) is 45.8 Å². The second-order valence-electron chi connectivity index (χ2n) is 15.8. The second-order valence-corrected chi connectivity index (χ2v) is 15.8. The first-order valence-electron chi connectivity index (χ1n) is 17.0. The lowest BCUT2D eigenvalue weighted by Gasteiger charge is -2.50. The number of ketones is 1. The van der Waals surface area contributed by atoms with Crippen LogP contribution in [-0.2, 0) is 23.7 Å². The van der Waals surface area contributed by atoms with E-state index in [4.69, 9.17) is 18.9 Å². The number of carbonyl (C=O) groups is 1. The van der Waals surface area contributed by atoms with Crippen molar-refractivity contribution in [2.75, 3.05) is 53.2 Å². The average molecular weight is 570 g/mol. The van der Waals surface area contributed by atoms with Gasteiger partial charge in [-0.3, -0.25) is 9.69 Å². The van der Waals surface area contributed by atoms with Gasteiger partial charge in [0.25, 0.3) is 0 Å². The van der Waals surface area contributed by atoms with E-state index in [9.17, 15) is 4.79 Å². The molecule has 11 atom stereocenters. The van der Waals surface area contributed by atoms with E-state index in [1.54, 1.807) is 7.11 Å². The molecule has 3 unspecified atom stereocenters. The van der Waals surface area contributed by atoms with Crippen LogP contribution in [0.2, 0.25) is 0 Å². The number of methoxy groups -OCH3 is 1. The van der Waals surface area contributed by atoms with Crippen molar-refractivity contribution in [3.8, 4) is 0 Å². The molecule has 0 amide bonds. The van der Waals surface area contributed by atoms with Crippen LogP contribution in [0.25, 0.3) is 0 Å². The van der Waals surface area contributed by atoms with Gasteiger partial charge in [0.05, 0.1) is 44.7 Å². The van der Waals surface area contributed by atoms with Gasteiger partial charge < -0.3 is 18.9 Å². The minimum absolute atomic E-state index is 0.00673. The SMILES string of the molecule is COCCOCCOCCN1C[C@@H](C)C[C@H]2OC3(CC[C@H]4[C@@H]5CCC6=CC(=O)CC[C@]6(C)[C@H]5CC45CC53C)[C@H](C)[C@@H]21. The van der Waals surface area contributed by atoms with Gasteiger partial charge in [-0.2, -0.15) is 0 Å². The Kier molecular flexibility index (Phi) is 7.34. The van der Waals surface area contributed by atoms with Gasteiger partial charge in [0, 0.05) is 44.0 Å². The molecular weight excluding hydrogens is 514 g/mol. The molecule has 41 heavy (non-hydrogen) atoms. The van der Waals surface area contributed by atoms with Crippen molar-refractivity contribution in [1.29, 1.82) is 0 Å². The van der Waals surface area contributed by atoms with E-state index in [1.165, 1.54) is 44.1 Å². The molecule has 2 aliphatic heterocycles. The van der Waals surface area contributed by atoms with Gasteiger partial charge in [0.2, 0.25) is 0 Å². The summed E-state index contributed by atoms with van der Waals surface area (Å²) < 4.78 is 24.1. The third-order valence-electron chi connectivity index (χ3n) is 14.2. The Hall–Kier alpha value is -0.790. The van der Waals surface area contributed by atoms with Crippen molar-refractivity contribution in [3.63, 3.8) is 0 Å². The highest BCUT2D eigenvalue weighted by molar-refractivity contribution is 5.91. The molecule has 2 heterocycles. The molecule has 0 N–H and O–H groups in total.